The number of hydrogen-bond acceptors (Lipinski definition) is 3. The summed E-state index contributed by atoms with van der Waals surface area (Å²) in [7, 11) is 0. The molecule has 1 aliphatic rings. The van der Waals surface area contributed by atoms with E-state index in [4.69, 9.17) is 5.11 Å². The first-order valence-electron chi connectivity index (χ1n) is 5.78. The maximum atomic E-state index is 11.8. The van der Waals surface area contributed by atoms with Gasteiger partial charge in [0.25, 0.3) is 5.56 Å². The molecule has 0 aliphatic carbocycles. The fourth-order valence-corrected chi connectivity index (χ4v) is 2.23. The third kappa shape index (κ3) is 2.33. The van der Waals surface area contributed by atoms with E-state index in [9.17, 15) is 9.59 Å². The molecule has 1 aromatic rings. The molecule has 92 valence electrons. The van der Waals surface area contributed by atoms with Crippen LogP contribution in [0.5, 0.6) is 0 Å². The Bertz CT molecular complexity index is 505. The minimum atomic E-state index is -0.815. The fraction of sp³-hybridized carbons (Fsp3) is 0.500. The van der Waals surface area contributed by atoms with Crippen LogP contribution in [0.2, 0.25) is 0 Å². The first-order chi connectivity index (χ1) is 8.09. The first kappa shape index (κ1) is 11.7. The average molecular weight is 236 g/mol. The number of aliphatic carboxylic acids is 1. The van der Waals surface area contributed by atoms with Crippen molar-refractivity contribution in [3.05, 3.63) is 27.5 Å². The van der Waals surface area contributed by atoms with Gasteiger partial charge in [0.1, 0.15) is 5.82 Å². The van der Waals surface area contributed by atoms with Gasteiger partial charge in [0.2, 0.25) is 0 Å². The number of rotatable bonds is 3. The lowest BCUT2D eigenvalue weighted by molar-refractivity contribution is -0.136. The molecule has 0 bridgehead atoms. The number of pyridine rings is 1. The van der Waals surface area contributed by atoms with Gasteiger partial charge >= 0.3 is 5.97 Å². The van der Waals surface area contributed by atoms with E-state index >= 15 is 0 Å². The lowest BCUT2D eigenvalue weighted by Gasteiger charge is -2.24. The van der Waals surface area contributed by atoms with Gasteiger partial charge in [-0.05, 0) is 30.9 Å². The Morgan fingerprint density at radius 1 is 1.59 bits per heavy atom. The Morgan fingerprint density at radius 2 is 2.35 bits per heavy atom. The largest absolute Gasteiger partial charge is 0.481 e. The molecule has 5 nitrogen and oxygen atoms in total. The fourth-order valence-electron chi connectivity index (χ4n) is 2.23. The van der Waals surface area contributed by atoms with Gasteiger partial charge in [-0.15, -0.1) is 0 Å². The standard InChI is InChI=1S/C12H16N2O3/c1-8-7-10(15)14-6-2-5-13-12(14)9(8)3-4-11(16)17/h7,13H,2-6H2,1H3,(H,16,17). The molecule has 0 fully saturated rings. The number of aromatic nitrogens is 1. The predicted octanol–water partition coefficient (Wildman–Crippen LogP) is 0.990. The Morgan fingerprint density at radius 3 is 3.06 bits per heavy atom. The van der Waals surface area contributed by atoms with Crippen LogP contribution >= 0.6 is 0 Å². The zero-order valence-electron chi connectivity index (χ0n) is 9.82. The Labute approximate surface area is 99.1 Å². The second-order valence-electron chi connectivity index (χ2n) is 4.32. The molecular formula is C12H16N2O3. The number of carboxylic acid groups (broad SMARTS) is 1. The molecule has 0 radical (unpaired) electrons. The number of carboxylic acids is 1. The highest BCUT2D eigenvalue weighted by Gasteiger charge is 2.16. The molecule has 2 heterocycles. The van der Waals surface area contributed by atoms with Crippen LogP contribution in [-0.2, 0) is 17.8 Å². The van der Waals surface area contributed by atoms with Gasteiger partial charge in [-0.2, -0.15) is 0 Å². The molecule has 0 saturated heterocycles. The van der Waals surface area contributed by atoms with Crippen LogP contribution in [-0.4, -0.2) is 22.2 Å². The van der Waals surface area contributed by atoms with Gasteiger partial charge in [-0.3, -0.25) is 14.2 Å². The molecule has 17 heavy (non-hydrogen) atoms. The molecule has 2 N–H and O–H groups in total. The summed E-state index contributed by atoms with van der Waals surface area (Å²) in [5.41, 5.74) is 1.81. The van der Waals surface area contributed by atoms with E-state index in [1.165, 1.54) is 0 Å². The van der Waals surface area contributed by atoms with E-state index in [0.29, 0.717) is 13.0 Å². The van der Waals surface area contributed by atoms with Crippen LogP contribution in [0.3, 0.4) is 0 Å². The molecule has 2 rings (SSSR count). The lowest BCUT2D eigenvalue weighted by atomic mass is 10.0. The molecule has 1 aliphatic heterocycles. The maximum Gasteiger partial charge on any atom is 0.303 e. The zero-order valence-corrected chi connectivity index (χ0v) is 9.82. The molecule has 0 saturated carbocycles. The summed E-state index contributed by atoms with van der Waals surface area (Å²) in [4.78, 5) is 22.4. The van der Waals surface area contributed by atoms with Crippen molar-refractivity contribution < 1.29 is 9.90 Å². The number of carbonyl (C=O) groups is 1. The number of nitrogens with zero attached hydrogens (tertiary/aromatic N) is 1. The highest BCUT2D eigenvalue weighted by molar-refractivity contribution is 5.67. The van der Waals surface area contributed by atoms with Crippen molar-refractivity contribution in [2.24, 2.45) is 0 Å². The molecule has 0 amide bonds. The summed E-state index contributed by atoms with van der Waals surface area (Å²) < 4.78 is 1.70. The van der Waals surface area contributed by atoms with Gasteiger partial charge in [0, 0.05) is 25.6 Å². The minimum Gasteiger partial charge on any atom is -0.481 e. The van der Waals surface area contributed by atoms with Gasteiger partial charge in [-0.25, -0.2) is 0 Å². The van der Waals surface area contributed by atoms with Crippen molar-refractivity contribution in [3.8, 4) is 0 Å². The maximum absolute atomic E-state index is 11.8. The van der Waals surface area contributed by atoms with Crippen molar-refractivity contribution >= 4 is 11.8 Å². The Kier molecular flexibility index (Phi) is 3.17. The van der Waals surface area contributed by atoms with Gasteiger partial charge < -0.3 is 10.4 Å². The summed E-state index contributed by atoms with van der Waals surface area (Å²) in [6.45, 7) is 3.40. The quantitative estimate of drug-likeness (QED) is 0.821. The van der Waals surface area contributed by atoms with Crippen LogP contribution < -0.4 is 10.9 Å². The van der Waals surface area contributed by atoms with Crippen molar-refractivity contribution in [2.75, 3.05) is 11.9 Å². The summed E-state index contributed by atoms with van der Waals surface area (Å²) in [5.74, 6) is -0.00680. The third-order valence-corrected chi connectivity index (χ3v) is 3.08. The highest BCUT2D eigenvalue weighted by atomic mass is 16.4. The van der Waals surface area contributed by atoms with Crippen LogP contribution in [0.1, 0.15) is 24.0 Å². The normalized spacial score (nSPS) is 13.9. The number of hydrogen-bond donors (Lipinski definition) is 2. The molecule has 5 heteroatoms. The number of anilines is 1. The lowest BCUT2D eigenvalue weighted by Crippen LogP contribution is -2.30. The van der Waals surface area contributed by atoms with Crippen molar-refractivity contribution in [1.82, 2.24) is 4.57 Å². The van der Waals surface area contributed by atoms with E-state index in [1.807, 2.05) is 6.92 Å². The van der Waals surface area contributed by atoms with E-state index < -0.39 is 5.97 Å². The zero-order chi connectivity index (χ0) is 12.4. The highest BCUT2D eigenvalue weighted by Crippen LogP contribution is 2.22. The van der Waals surface area contributed by atoms with Crippen LogP contribution in [0.15, 0.2) is 10.9 Å². The van der Waals surface area contributed by atoms with Crippen molar-refractivity contribution in [3.63, 3.8) is 0 Å². The van der Waals surface area contributed by atoms with E-state index in [1.54, 1.807) is 10.6 Å². The third-order valence-electron chi connectivity index (χ3n) is 3.08. The van der Waals surface area contributed by atoms with Crippen molar-refractivity contribution in [1.29, 1.82) is 0 Å². The van der Waals surface area contributed by atoms with Crippen LogP contribution in [0, 0.1) is 6.92 Å². The monoisotopic (exact) mass is 236 g/mol. The second-order valence-corrected chi connectivity index (χ2v) is 4.32. The molecular weight excluding hydrogens is 220 g/mol. The molecule has 0 aromatic carbocycles. The first-order valence-corrected chi connectivity index (χ1v) is 5.78. The van der Waals surface area contributed by atoms with E-state index in [0.717, 1.165) is 29.9 Å². The van der Waals surface area contributed by atoms with Crippen LogP contribution in [0.4, 0.5) is 5.82 Å². The molecule has 0 spiro atoms. The molecule has 0 atom stereocenters. The molecule has 1 aromatic heterocycles. The number of nitrogens with one attached hydrogen (secondary N) is 1. The Hall–Kier alpha value is -1.78. The summed E-state index contributed by atoms with van der Waals surface area (Å²) >= 11 is 0. The van der Waals surface area contributed by atoms with Gasteiger partial charge in [0.05, 0.1) is 0 Å². The molecule has 0 unspecified atom stereocenters. The Balaban J connectivity index is 2.43. The number of fused-ring (bicyclic) bond motifs is 1. The second kappa shape index (κ2) is 4.61. The van der Waals surface area contributed by atoms with Gasteiger partial charge in [0.15, 0.2) is 0 Å². The van der Waals surface area contributed by atoms with E-state index in [2.05, 4.69) is 5.32 Å². The van der Waals surface area contributed by atoms with E-state index in [-0.39, 0.29) is 12.0 Å². The summed E-state index contributed by atoms with van der Waals surface area (Å²) in [6.07, 6.45) is 1.48. The summed E-state index contributed by atoms with van der Waals surface area (Å²) in [6, 6.07) is 1.59. The topological polar surface area (TPSA) is 71.3 Å². The predicted molar refractivity (Wildman–Crippen MR) is 64.5 cm³/mol. The number of aryl methyl sites for hydroxylation is 1. The van der Waals surface area contributed by atoms with Crippen molar-refractivity contribution in [2.45, 2.75) is 32.7 Å². The SMILES string of the molecule is Cc1cc(=O)n2c(c1CCC(=O)O)NCCC2. The van der Waals surface area contributed by atoms with Gasteiger partial charge in [-0.1, -0.05) is 0 Å². The smallest absolute Gasteiger partial charge is 0.303 e. The minimum absolute atomic E-state index is 0.0104. The average Bonchev–Trinajstić information content (AvgIpc) is 2.28. The van der Waals surface area contributed by atoms with Crippen LogP contribution in [0.25, 0.3) is 0 Å². The summed E-state index contributed by atoms with van der Waals surface area (Å²) in [5, 5.41) is 11.9.